The third-order valence-electron chi connectivity index (χ3n) is 3.13. The number of nitrogens with zero attached hydrogens (tertiary/aromatic N) is 1. The van der Waals surface area contributed by atoms with Gasteiger partial charge in [0.05, 0.1) is 6.42 Å². The van der Waals surface area contributed by atoms with Crippen molar-refractivity contribution >= 4 is 12.0 Å². The summed E-state index contributed by atoms with van der Waals surface area (Å²) >= 11 is 0. The van der Waals surface area contributed by atoms with Crippen LogP contribution in [0.4, 0.5) is 4.79 Å². The fraction of sp³-hybridized carbons (Fsp3) is 0.833. The Hall–Kier alpha value is -1.26. The van der Waals surface area contributed by atoms with Gasteiger partial charge in [0.25, 0.3) is 0 Å². The lowest BCUT2D eigenvalue weighted by molar-refractivity contribution is -0.137. The van der Waals surface area contributed by atoms with Crippen molar-refractivity contribution in [1.29, 1.82) is 0 Å². The van der Waals surface area contributed by atoms with E-state index in [2.05, 4.69) is 5.32 Å². The predicted octanol–water partition coefficient (Wildman–Crippen LogP) is 1.83. The summed E-state index contributed by atoms with van der Waals surface area (Å²) in [5, 5.41) is 11.5. The van der Waals surface area contributed by atoms with Gasteiger partial charge in [-0.3, -0.25) is 4.79 Å². The normalized spacial score (nSPS) is 18.3. The monoisotopic (exact) mass is 242 g/mol. The molecule has 0 aromatic carbocycles. The minimum absolute atomic E-state index is 0.00389. The van der Waals surface area contributed by atoms with Gasteiger partial charge in [0.15, 0.2) is 0 Å². The Morgan fingerprint density at radius 1 is 1.24 bits per heavy atom. The third-order valence-corrected chi connectivity index (χ3v) is 3.13. The fourth-order valence-electron chi connectivity index (χ4n) is 2.05. The highest BCUT2D eigenvalue weighted by atomic mass is 16.4. The molecule has 0 aromatic heterocycles. The zero-order valence-electron chi connectivity index (χ0n) is 10.4. The first kappa shape index (κ1) is 13.8. The van der Waals surface area contributed by atoms with E-state index in [9.17, 15) is 9.59 Å². The Bertz CT molecular complexity index is 260. The third kappa shape index (κ3) is 5.06. The van der Waals surface area contributed by atoms with Gasteiger partial charge < -0.3 is 15.3 Å². The number of carboxylic acid groups (broad SMARTS) is 1. The zero-order chi connectivity index (χ0) is 12.7. The van der Waals surface area contributed by atoms with Gasteiger partial charge in [-0.05, 0) is 19.3 Å². The maximum atomic E-state index is 11.9. The molecule has 1 unspecified atom stereocenters. The Morgan fingerprint density at radius 3 is 2.29 bits per heavy atom. The van der Waals surface area contributed by atoms with Crippen molar-refractivity contribution in [2.24, 2.45) is 0 Å². The Balaban J connectivity index is 2.42. The lowest BCUT2D eigenvalue weighted by Gasteiger charge is -2.24. The van der Waals surface area contributed by atoms with E-state index in [1.54, 1.807) is 4.90 Å². The molecule has 17 heavy (non-hydrogen) atoms. The summed E-state index contributed by atoms with van der Waals surface area (Å²) in [6.07, 6.45) is 5.08. The molecule has 2 N–H and O–H groups in total. The molecule has 1 atom stereocenters. The van der Waals surface area contributed by atoms with Crippen LogP contribution in [-0.2, 0) is 4.79 Å². The van der Waals surface area contributed by atoms with E-state index in [0.717, 1.165) is 25.9 Å². The lowest BCUT2D eigenvalue weighted by atomic mass is 10.1. The molecular weight excluding hydrogens is 220 g/mol. The van der Waals surface area contributed by atoms with Crippen molar-refractivity contribution in [3.8, 4) is 0 Å². The molecule has 5 heteroatoms. The molecule has 5 nitrogen and oxygen atoms in total. The second-order valence-electron chi connectivity index (χ2n) is 4.55. The second-order valence-corrected chi connectivity index (χ2v) is 4.55. The minimum Gasteiger partial charge on any atom is -0.481 e. The van der Waals surface area contributed by atoms with Crippen LogP contribution in [0.25, 0.3) is 0 Å². The van der Waals surface area contributed by atoms with Gasteiger partial charge in [0.1, 0.15) is 0 Å². The summed E-state index contributed by atoms with van der Waals surface area (Å²) in [5.74, 6) is -0.868. The number of aliphatic carboxylic acids is 1. The molecule has 98 valence electrons. The van der Waals surface area contributed by atoms with E-state index < -0.39 is 5.97 Å². The molecule has 1 rings (SSSR count). The van der Waals surface area contributed by atoms with E-state index in [0.29, 0.717) is 6.42 Å². The minimum atomic E-state index is -0.868. The predicted molar refractivity (Wildman–Crippen MR) is 64.9 cm³/mol. The van der Waals surface area contributed by atoms with Gasteiger partial charge in [-0.2, -0.15) is 0 Å². The van der Waals surface area contributed by atoms with Crippen LogP contribution in [0.1, 0.15) is 45.4 Å². The van der Waals surface area contributed by atoms with Crippen molar-refractivity contribution in [2.45, 2.75) is 51.5 Å². The van der Waals surface area contributed by atoms with Crippen LogP contribution in [0.15, 0.2) is 0 Å². The topological polar surface area (TPSA) is 69.6 Å². The Morgan fingerprint density at radius 2 is 1.82 bits per heavy atom. The van der Waals surface area contributed by atoms with Gasteiger partial charge in [0.2, 0.25) is 0 Å². The summed E-state index contributed by atoms with van der Waals surface area (Å²) < 4.78 is 0. The molecule has 0 aromatic rings. The van der Waals surface area contributed by atoms with Crippen LogP contribution in [0, 0.1) is 0 Å². The molecule has 0 aliphatic carbocycles. The Kier molecular flexibility index (Phi) is 5.80. The first-order chi connectivity index (χ1) is 8.13. The number of carbonyl (C=O) groups is 2. The van der Waals surface area contributed by atoms with Crippen LogP contribution < -0.4 is 5.32 Å². The number of hydrogen-bond donors (Lipinski definition) is 2. The smallest absolute Gasteiger partial charge is 0.317 e. The molecule has 0 bridgehead atoms. The summed E-state index contributed by atoms with van der Waals surface area (Å²) in [4.78, 5) is 24.3. The van der Waals surface area contributed by atoms with E-state index in [4.69, 9.17) is 5.11 Å². The van der Waals surface area contributed by atoms with Crippen molar-refractivity contribution < 1.29 is 14.7 Å². The van der Waals surface area contributed by atoms with Gasteiger partial charge in [-0.15, -0.1) is 0 Å². The van der Waals surface area contributed by atoms with Crippen LogP contribution in [0.2, 0.25) is 0 Å². The standard InChI is InChI=1S/C12H22N2O3/c1-2-10(9-11(15)16)13-12(17)14-7-5-3-4-6-8-14/h10H,2-9H2,1H3,(H,13,17)(H,15,16). The number of nitrogens with one attached hydrogen (secondary N) is 1. The highest BCUT2D eigenvalue weighted by molar-refractivity contribution is 5.76. The maximum Gasteiger partial charge on any atom is 0.317 e. The molecule has 1 aliphatic heterocycles. The van der Waals surface area contributed by atoms with Crippen LogP contribution >= 0.6 is 0 Å². The molecule has 0 spiro atoms. The molecule has 1 heterocycles. The summed E-state index contributed by atoms with van der Waals surface area (Å²) in [6, 6.07) is -0.372. The molecule has 1 saturated heterocycles. The Labute approximate surface area is 102 Å². The van der Waals surface area contributed by atoms with E-state index in [-0.39, 0.29) is 18.5 Å². The fourth-order valence-corrected chi connectivity index (χ4v) is 2.05. The molecule has 1 aliphatic rings. The van der Waals surface area contributed by atoms with Gasteiger partial charge in [-0.25, -0.2) is 4.79 Å². The number of rotatable bonds is 4. The van der Waals surface area contributed by atoms with E-state index >= 15 is 0 Å². The largest absolute Gasteiger partial charge is 0.481 e. The molecule has 0 saturated carbocycles. The maximum absolute atomic E-state index is 11.9. The van der Waals surface area contributed by atoms with Crippen molar-refractivity contribution in [3.63, 3.8) is 0 Å². The SMILES string of the molecule is CCC(CC(=O)O)NC(=O)N1CCCCCC1. The quantitative estimate of drug-likeness (QED) is 0.790. The number of carbonyl (C=O) groups excluding carboxylic acids is 1. The highest BCUT2D eigenvalue weighted by Gasteiger charge is 2.19. The van der Waals surface area contributed by atoms with Crippen molar-refractivity contribution in [2.75, 3.05) is 13.1 Å². The van der Waals surface area contributed by atoms with Gasteiger partial charge in [0, 0.05) is 19.1 Å². The van der Waals surface area contributed by atoms with Gasteiger partial charge in [-0.1, -0.05) is 19.8 Å². The summed E-state index contributed by atoms with van der Waals surface area (Å²) in [5.41, 5.74) is 0. The van der Waals surface area contributed by atoms with Crippen molar-refractivity contribution in [3.05, 3.63) is 0 Å². The zero-order valence-corrected chi connectivity index (χ0v) is 10.4. The summed E-state index contributed by atoms with van der Waals surface area (Å²) in [7, 11) is 0. The highest BCUT2D eigenvalue weighted by Crippen LogP contribution is 2.10. The number of likely N-dealkylation sites (tertiary alicyclic amines) is 1. The average molecular weight is 242 g/mol. The van der Waals surface area contributed by atoms with E-state index in [1.165, 1.54) is 12.8 Å². The average Bonchev–Trinajstić information content (AvgIpc) is 2.55. The molecule has 1 fully saturated rings. The van der Waals surface area contributed by atoms with Crippen LogP contribution in [-0.4, -0.2) is 41.1 Å². The number of hydrogen-bond acceptors (Lipinski definition) is 2. The van der Waals surface area contributed by atoms with Gasteiger partial charge >= 0.3 is 12.0 Å². The molecular formula is C12H22N2O3. The number of carboxylic acids is 1. The first-order valence-electron chi connectivity index (χ1n) is 6.40. The molecule has 0 radical (unpaired) electrons. The van der Waals surface area contributed by atoms with E-state index in [1.807, 2.05) is 6.92 Å². The van der Waals surface area contributed by atoms with Crippen molar-refractivity contribution in [1.82, 2.24) is 10.2 Å². The first-order valence-corrected chi connectivity index (χ1v) is 6.40. The number of urea groups is 1. The molecule has 2 amide bonds. The second kappa shape index (κ2) is 7.14. The number of amides is 2. The lowest BCUT2D eigenvalue weighted by Crippen LogP contribution is -2.45. The van der Waals surface area contributed by atoms with Crippen LogP contribution in [0.3, 0.4) is 0 Å². The van der Waals surface area contributed by atoms with Crippen LogP contribution in [0.5, 0.6) is 0 Å². The summed E-state index contributed by atoms with van der Waals surface area (Å²) in [6.45, 7) is 3.46.